The Morgan fingerprint density at radius 1 is 1.25 bits per heavy atom. The first-order valence-electron chi connectivity index (χ1n) is 7.12. The molecule has 1 aliphatic heterocycles. The molecule has 0 amide bonds. The van der Waals surface area contributed by atoms with Gasteiger partial charge in [0.1, 0.15) is 11.5 Å². The molecule has 2 aromatic heterocycles. The maximum Gasteiger partial charge on any atom is 0.225 e. The van der Waals surface area contributed by atoms with Crippen LogP contribution in [0.25, 0.3) is 0 Å². The molecule has 106 valence electrons. The minimum absolute atomic E-state index is 0.542. The van der Waals surface area contributed by atoms with Crippen molar-refractivity contribution in [1.82, 2.24) is 15.3 Å². The summed E-state index contributed by atoms with van der Waals surface area (Å²) < 4.78 is 5.57. The predicted molar refractivity (Wildman–Crippen MR) is 77.6 cm³/mol. The van der Waals surface area contributed by atoms with Gasteiger partial charge in [0.15, 0.2) is 0 Å². The van der Waals surface area contributed by atoms with E-state index < -0.39 is 0 Å². The molecule has 5 nitrogen and oxygen atoms in total. The van der Waals surface area contributed by atoms with Crippen molar-refractivity contribution in [2.45, 2.75) is 32.4 Å². The van der Waals surface area contributed by atoms with Crippen molar-refractivity contribution in [2.24, 2.45) is 0 Å². The fraction of sp³-hybridized carbons (Fsp3) is 0.467. The summed E-state index contributed by atoms with van der Waals surface area (Å²) in [6, 6.07) is 6.44. The van der Waals surface area contributed by atoms with Crippen molar-refractivity contribution >= 4 is 5.95 Å². The van der Waals surface area contributed by atoms with Crippen LogP contribution in [-0.2, 0) is 6.54 Å². The van der Waals surface area contributed by atoms with Gasteiger partial charge in [-0.25, -0.2) is 9.97 Å². The molecule has 1 fully saturated rings. The van der Waals surface area contributed by atoms with E-state index in [4.69, 9.17) is 4.42 Å². The van der Waals surface area contributed by atoms with Crippen molar-refractivity contribution in [3.05, 3.63) is 42.1 Å². The molecule has 0 unspecified atom stereocenters. The third-order valence-corrected chi connectivity index (χ3v) is 3.69. The summed E-state index contributed by atoms with van der Waals surface area (Å²) in [6.07, 6.45) is 5.81. The van der Waals surface area contributed by atoms with Crippen molar-refractivity contribution in [3.63, 3.8) is 0 Å². The molecule has 5 heteroatoms. The van der Waals surface area contributed by atoms with Gasteiger partial charge in [0.25, 0.3) is 0 Å². The zero-order valence-corrected chi connectivity index (χ0v) is 11.7. The van der Waals surface area contributed by atoms with Crippen LogP contribution in [0.15, 0.2) is 35.0 Å². The van der Waals surface area contributed by atoms with Gasteiger partial charge in [-0.3, -0.25) is 0 Å². The summed E-state index contributed by atoms with van der Waals surface area (Å²) in [5.74, 6) is 2.82. The highest BCUT2D eigenvalue weighted by atomic mass is 16.3. The number of nitrogens with one attached hydrogen (secondary N) is 1. The minimum atomic E-state index is 0.542. The van der Waals surface area contributed by atoms with Crippen LogP contribution in [-0.4, -0.2) is 29.1 Å². The Morgan fingerprint density at radius 2 is 2.00 bits per heavy atom. The van der Waals surface area contributed by atoms with Gasteiger partial charge in [0.05, 0.1) is 6.54 Å². The summed E-state index contributed by atoms with van der Waals surface area (Å²) in [5, 5.41) is 3.56. The van der Waals surface area contributed by atoms with Crippen molar-refractivity contribution in [2.75, 3.05) is 18.0 Å². The number of furan rings is 1. The number of aromatic nitrogens is 2. The van der Waals surface area contributed by atoms with Gasteiger partial charge in [0, 0.05) is 31.5 Å². The first-order valence-corrected chi connectivity index (χ1v) is 7.12. The van der Waals surface area contributed by atoms with Crippen molar-refractivity contribution in [3.8, 4) is 0 Å². The van der Waals surface area contributed by atoms with Crippen LogP contribution < -0.4 is 10.2 Å². The van der Waals surface area contributed by atoms with Gasteiger partial charge < -0.3 is 14.6 Å². The molecule has 0 spiro atoms. The first-order chi connectivity index (χ1) is 9.81. The number of aryl methyl sites for hydroxylation is 1. The van der Waals surface area contributed by atoms with Gasteiger partial charge in [-0.1, -0.05) is 0 Å². The van der Waals surface area contributed by atoms with Crippen LogP contribution >= 0.6 is 0 Å². The van der Waals surface area contributed by atoms with Gasteiger partial charge in [-0.15, -0.1) is 0 Å². The van der Waals surface area contributed by atoms with E-state index in [1.165, 1.54) is 0 Å². The molecule has 1 aliphatic rings. The Kier molecular flexibility index (Phi) is 3.97. The van der Waals surface area contributed by atoms with E-state index in [-0.39, 0.29) is 0 Å². The third kappa shape index (κ3) is 3.17. The molecule has 1 saturated heterocycles. The molecule has 20 heavy (non-hydrogen) atoms. The van der Waals surface area contributed by atoms with Crippen LogP contribution in [0, 0.1) is 6.92 Å². The number of nitrogens with zero attached hydrogens (tertiary/aromatic N) is 3. The van der Waals surface area contributed by atoms with Gasteiger partial charge >= 0.3 is 0 Å². The van der Waals surface area contributed by atoms with Crippen LogP contribution in [0.1, 0.15) is 24.4 Å². The van der Waals surface area contributed by atoms with E-state index in [1.54, 1.807) is 12.4 Å². The zero-order chi connectivity index (χ0) is 13.8. The SMILES string of the molecule is Cc1ccc(CNC2CCN(c3ncccn3)CC2)o1. The molecule has 3 heterocycles. The Hall–Kier alpha value is -1.88. The van der Waals surface area contributed by atoms with E-state index >= 15 is 0 Å². The Labute approximate surface area is 119 Å². The third-order valence-electron chi connectivity index (χ3n) is 3.69. The normalized spacial score (nSPS) is 16.6. The number of anilines is 1. The fourth-order valence-corrected chi connectivity index (χ4v) is 2.56. The smallest absolute Gasteiger partial charge is 0.225 e. The van der Waals surface area contributed by atoms with Crippen LogP contribution in [0.4, 0.5) is 5.95 Å². The van der Waals surface area contributed by atoms with Gasteiger partial charge in [-0.2, -0.15) is 0 Å². The highest BCUT2D eigenvalue weighted by molar-refractivity contribution is 5.29. The van der Waals surface area contributed by atoms with E-state index in [0.717, 1.165) is 49.9 Å². The van der Waals surface area contributed by atoms with E-state index in [2.05, 4.69) is 20.2 Å². The van der Waals surface area contributed by atoms with Crippen LogP contribution in [0.5, 0.6) is 0 Å². The molecule has 0 aromatic carbocycles. The molecule has 0 radical (unpaired) electrons. The molecular formula is C15H20N4O. The molecule has 0 atom stereocenters. The molecule has 2 aromatic rings. The molecule has 1 N–H and O–H groups in total. The largest absolute Gasteiger partial charge is 0.465 e. The Balaban J connectivity index is 1.47. The fourth-order valence-electron chi connectivity index (χ4n) is 2.56. The number of hydrogen-bond acceptors (Lipinski definition) is 5. The number of piperidine rings is 1. The lowest BCUT2D eigenvalue weighted by molar-refractivity contribution is 0.382. The minimum Gasteiger partial charge on any atom is -0.465 e. The average Bonchev–Trinajstić information content (AvgIpc) is 2.92. The second kappa shape index (κ2) is 6.05. The van der Waals surface area contributed by atoms with Crippen LogP contribution in [0.3, 0.4) is 0 Å². The summed E-state index contributed by atoms with van der Waals surface area (Å²) >= 11 is 0. The number of rotatable bonds is 4. The lowest BCUT2D eigenvalue weighted by Crippen LogP contribution is -2.42. The predicted octanol–water partition coefficient (Wildman–Crippen LogP) is 2.14. The zero-order valence-electron chi connectivity index (χ0n) is 11.7. The second-order valence-corrected chi connectivity index (χ2v) is 5.20. The average molecular weight is 272 g/mol. The lowest BCUT2D eigenvalue weighted by Gasteiger charge is -2.32. The van der Waals surface area contributed by atoms with Crippen molar-refractivity contribution < 1.29 is 4.42 Å². The summed E-state index contributed by atoms with van der Waals surface area (Å²) in [6.45, 7) is 4.78. The lowest BCUT2D eigenvalue weighted by atomic mass is 10.1. The van der Waals surface area contributed by atoms with Gasteiger partial charge in [0.2, 0.25) is 5.95 Å². The van der Waals surface area contributed by atoms with Crippen LogP contribution in [0.2, 0.25) is 0 Å². The Bertz CT molecular complexity index is 532. The summed E-state index contributed by atoms with van der Waals surface area (Å²) in [4.78, 5) is 10.9. The maximum atomic E-state index is 5.57. The standard InChI is InChI=1S/C15H20N4O/c1-12-3-4-14(20-12)11-18-13-5-9-19(10-6-13)15-16-7-2-8-17-15/h2-4,7-8,13,18H,5-6,9-11H2,1H3. The highest BCUT2D eigenvalue weighted by Crippen LogP contribution is 2.16. The molecule has 0 saturated carbocycles. The number of hydrogen-bond donors (Lipinski definition) is 1. The quantitative estimate of drug-likeness (QED) is 0.924. The van der Waals surface area contributed by atoms with E-state index in [1.807, 2.05) is 25.1 Å². The van der Waals surface area contributed by atoms with Gasteiger partial charge in [-0.05, 0) is 38.0 Å². The molecule has 0 aliphatic carbocycles. The Morgan fingerprint density at radius 3 is 2.65 bits per heavy atom. The van der Waals surface area contributed by atoms with E-state index in [9.17, 15) is 0 Å². The highest BCUT2D eigenvalue weighted by Gasteiger charge is 2.20. The first kappa shape index (κ1) is 13.1. The molecule has 3 rings (SSSR count). The van der Waals surface area contributed by atoms with E-state index in [0.29, 0.717) is 6.04 Å². The second-order valence-electron chi connectivity index (χ2n) is 5.20. The molecular weight excluding hydrogens is 252 g/mol. The molecule has 0 bridgehead atoms. The topological polar surface area (TPSA) is 54.2 Å². The summed E-state index contributed by atoms with van der Waals surface area (Å²) in [7, 11) is 0. The summed E-state index contributed by atoms with van der Waals surface area (Å²) in [5.41, 5.74) is 0. The van der Waals surface area contributed by atoms with Crippen molar-refractivity contribution in [1.29, 1.82) is 0 Å². The monoisotopic (exact) mass is 272 g/mol. The maximum absolute atomic E-state index is 5.57.